The van der Waals surface area contributed by atoms with Crippen LogP contribution < -0.4 is 10.1 Å². The first-order chi connectivity index (χ1) is 11.6. The highest BCUT2D eigenvalue weighted by atomic mass is 16.5. The molecule has 122 valence electrons. The number of carbonyl (C=O) groups excluding carboxylic acids is 1. The van der Waals surface area contributed by atoms with Gasteiger partial charge in [-0.3, -0.25) is 4.79 Å². The van der Waals surface area contributed by atoms with Gasteiger partial charge in [-0.25, -0.2) is 9.67 Å². The number of benzene rings is 1. The van der Waals surface area contributed by atoms with Crippen molar-refractivity contribution < 1.29 is 9.53 Å². The highest BCUT2D eigenvalue weighted by Gasteiger charge is 2.10. The maximum atomic E-state index is 12.0. The molecule has 24 heavy (non-hydrogen) atoms. The number of aryl methyl sites for hydroxylation is 2. The van der Waals surface area contributed by atoms with Gasteiger partial charge in [0.25, 0.3) is 5.91 Å². The number of pyridine rings is 1. The summed E-state index contributed by atoms with van der Waals surface area (Å²) in [5, 5.41) is 7.07. The summed E-state index contributed by atoms with van der Waals surface area (Å²) in [6.45, 7) is 3.63. The normalized spacial score (nSPS) is 10.4. The molecule has 3 aromatic rings. The maximum Gasteiger partial charge on any atom is 0.263 e. The summed E-state index contributed by atoms with van der Waals surface area (Å²) < 4.78 is 7.26. The van der Waals surface area contributed by atoms with Gasteiger partial charge in [0.15, 0.2) is 6.61 Å². The fourth-order valence-electron chi connectivity index (χ4n) is 2.23. The number of hydrogen-bond donors (Lipinski definition) is 1. The van der Waals surface area contributed by atoms with Crippen molar-refractivity contribution >= 4 is 11.7 Å². The van der Waals surface area contributed by atoms with Gasteiger partial charge in [-0.05, 0) is 38.1 Å². The van der Waals surface area contributed by atoms with Crippen LogP contribution in [0.25, 0.3) is 5.69 Å². The Balaban J connectivity index is 1.62. The summed E-state index contributed by atoms with van der Waals surface area (Å²) in [7, 11) is 0. The Morgan fingerprint density at radius 2 is 1.92 bits per heavy atom. The molecule has 2 aromatic heterocycles. The van der Waals surface area contributed by atoms with E-state index in [9.17, 15) is 4.79 Å². The van der Waals surface area contributed by atoms with Gasteiger partial charge >= 0.3 is 0 Å². The van der Waals surface area contributed by atoms with Crippen molar-refractivity contribution in [2.75, 3.05) is 11.9 Å². The molecule has 3 rings (SSSR count). The molecule has 0 aliphatic rings. The van der Waals surface area contributed by atoms with Gasteiger partial charge in [0.1, 0.15) is 5.82 Å². The van der Waals surface area contributed by atoms with Crippen LogP contribution >= 0.6 is 0 Å². The maximum absolute atomic E-state index is 12.0. The number of rotatable bonds is 5. The molecule has 0 aliphatic carbocycles. The number of anilines is 1. The van der Waals surface area contributed by atoms with E-state index in [2.05, 4.69) is 15.4 Å². The molecule has 0 fully saturated rings. The van der Waals surface area contributed by atoms with E-state index in [4.69, 9.17) is 4.74 Å². The molecule has 6 heteroatoms. The topological polar surface area (TPSA) is 69.0 Å². The molecule has 0 radical (unpaired) electrons. The molecule has 0 unspecified atom stereocenters. The first-order valence-corrected chi connectivity index (χ1v) is 7.60. The fourth-order valence-corrected chi connectivity index (χ4v) is 2.23. The second-order valence-corrected chi connectivity index (χ2v) is 5.40. The second-order valence-electron chi connectivity index (χ2n) is 5.40. The Hall–Kier alpha value is -3.15. The lowest BCUT2D eigenvalue weighted by Crippen LogP contribution is -2.21. The Bertz CT molecular complexity index is 843. The summed E-state index contributed by atoms with van der Waals surface area (Å²) in [4.78, 5) is 16.2. The van der Waals surface area contributed by atoms with Crippen molar-refractivity contribution in [1.29, 1.82) is 0 Å². The van der Waals surface area contributed by atoms with Gasteiger partial charge in [0.05, 0.1) is 5.69 Å². The molecule has 0 bridgehead atoms. The molecule has 2 heterocycles. The van der Waals surface area contributed by atoms with Crippen LogP contribution in [0.5, 0.6) is 5.88 Å². The van der Waals surface area contributed by atoms with Gasteiger partial charge in [-0.1, -0.05) is 24.3 Å². The summed E-state index contributed by atoms with van der Waals surface area (Å²) in [5.41, 5.74) is 2.63. The third-order valence-corrected chi connectivity index (χ3v) is 3.37. The van der Waals surface area contributed by atoms with Crippen molar-refractivity contribution in [3.05, 3.63) is 66.0 Å². The van der Waals surface area contributed by atoms with E-state index in [0.29, 0.717) is 11.7 Å². The molecule has 1 amide bonds. The SMILES string of the molecule is Cc1cccc(NC(=O)COc2nn(-c3ccccc3)cc2C)n1. The molecule has 1 aromatic carbocycles. The largest absolute Gasteiger partial charge is 0.466 e. The third kappa shape index (κ3) is 3.78. The van der Waals surface area contributed by atoms with Crippen LogP contribution in [0, 0.1) is 13.8 Å². The number of nitrogens with zero attached hydrogens (tertiary/aromatic N) is 3. The number of aromatic nitrogens is 3. The van der Waals surface area contributed by atoms with E-state index in [0.717, 1.165) is 16.9 Å². The Labute approximate surface area is 140 Å². The van der Waals surface area contributed by atoms with Gasteiger partial charge in [-0.15, -0.1) is 5.10 Å². The Morgan fingerprint density at radius 1 is 1.12 bits per heavy atom. The first kappa shape index (κ1) is 15.7. The van der Waals surface area contributed by atoms with Crippen LogP contribution in [0.15, 0.2) is 54.7 Å². The lowest BCUT2D eigenvalue weighted by Gasteiger charge is -2.06. The third-order valence-electron chi connectivity index (χ3n) is 3.37. The molecule has 0 saturated carbocycles. The van der Waals surface area contributed by atoms with Gasteiger partial charge in [0.2, 0.25) is 5.88 Å². The predicted molar refractivity (Wildman–Crippen MR) is 91.4 cm³/mol. The lowest BCUT2D eigenvalue weighted by atomic mass is 10.3. The van der Waals surface area contributed by atoms with E-state index >= 15 is 0 Å². The van der Waals surface area contributed by atoms with E-state index in [1.807, 2.05) is 62.5 Å². The van der Waals surface area contributed by atoms with E-state index in [-0.39, 0.29) is 12.5 Å². The average Bonchev–Trinajstić information content (AvgIpc) is 2.95. The van der Waals surface area contributed by atoms with E-state index in [1.54, 1.807) is 10.7 Å². The molecule has 1 N–H and O–H groups in total. The number of nitrogens with one attached hydrogen (secondary N) is 1. The highest BCUT2D eigenvalue weighted by Crippen LogP contribution is 2.17. The minimum atomic E-state index is -0.276. The molecular formula is C18H18N4O2. The van der Waals surface area contributed by atoms with Crippen molar-refractivity contribution in [2.24, 2.45) is 0 Å². The standard InChI is InChI=1S/C18H18N4O2/c1-13-11-22(15-8-4-3-5-9-15)21-18(13)24-12-17(23)20-16-10-6-7-14(2)19-16/h3-11H,12H2,1-2H3,(H,19,20,23). The van der Waals surface area contributed by atoms with Crippen molar-refractivity contribution in [1.82, 2.24) is 14.8 Å². The van der Waals surface area contributed by atoms with Gasteiger partial charge in [0, 0.05) is 17.5 Å². The zero-order chi connectivity index (χ0) is 16.9. The summed E-state index contributed by atoms with van der Waals surface area (Å²) >= 11 is 0. The molecule has 0 aliphatic heterocycles. The van der Waals surface area contributed by atoms with Crippen LogP contribution in [-0.4, -0.2) is 27.3 Å². The van der Waals surface area contributed by atoms with Crippen molar-refractivity contribution in [2.45, 2.75) is 13.8 Å². The number of amides is 1. The summed E-state index contributed by atoms with van der Waals surface area (Å²) in [6, 6.07) is 15.2. The first-order valence-electron chi connectivity index (χ1n) is 7.60. The number of carbonyl (C=O) groups is 1. The minimum absolute atomic E-state index is 0.123. The monoisotopic (exact) mass is 322 g/mol. The van der Waals surface area contributed by atoms with Crippen LogP contribution in [0.1, 0.15) is 11.3 Å². The van der Waals surface area contributed by atoms with E-state index in [1.165, 1.54) is 0 Å². The average molecular weight is 322 g/mol. The van der Waals surface area contributed by atoms with Crippen LogP contribution in [0.4, 0.5) is 5.82 Å². The predicted octanol–water partition coefficient (Wildman–Crippen LogP) is 2.90. The van der Waals surface area contributed by atoms with Crippen molar-refractivity contribution in [3.8, 4) is 11.6 Å². The molecular weight excluding hydrogens is 304 g/mol. The second kappa shape index (κ2) is 6.95. The van der Waals surface area contributed by atoms with Gasteiger partial charge in [-0.2, -0.15) is 0 Å². The smallest absolute Gasteiger partial charge is 0.263 e. The van der Waals surface area contributed by atoms with E-state index < -0.39 is 0 Å². The van der Waals surface area contributed by atoms with Crippen LogP contribution in [-0.2, 0) is 4.79 Å². The number of para-hydroxylation sites is 1. The molecule has 0 atom stereocenters. The quantitative estimate of drug-likeness (QED) is 0.784. The zero-order valence-electron chi connectivity index (χ0n) is 13.6. The number of hydrogen-bond acceptors (Lipinski definition) is 4. The highest BCUT2D eigenvalue weighted by molar-refractivity contribution is 5.90. The van der Waals surface area contributed by atoms with Crippen LogP contribution in [0.3, 0.4) is 0 Å². The van der Waals surface area contributed by atoms with Crippen LogP contribution in [0.2, 0.25) is 0 Å². The summed E-state index contributed by atoms with van der Waals surface area (Å²) in [5.74, 6) is 0.670. The Kier molecular flexibility index (Phi) is 4.56. The fraction of sp³-hybridized carbons (Fsp3) is 0.167. The Morgan fingerprint density at radius 3 is 2.67 bits per heavy atom. The minimum Gasteiger partial charge on any atom is -0.466 e. The number of ether oxygens (including phenoxy) is 1. The van der Waals surface area contributed by atoms with Gasteiger partial charge < -0.3 is 10.1 Å². The molecule has 0 spiro atoms. The van der Waals surface area contributed by atoms with Crippen molar-refractivity contribution in [3.63, 3.8) is 0 Å². The molecule has 0 saturated heterocycles. The zero-order valence-corrected chi connectivity index (χ0v) is 13.6. The molecule has 6 nitrogen and oxygen atoms in total. The summed E-state index contributed by atoms with van der Waals surface area (Å²) in [6.07, 6.45) is 1.87. The lowest BCUT2D eigenvalue weighted by molar-refractivity contribution is -0.118.